The summed E-state index contributed by atoms with van der Waals surface area (Å²) in [5.74, 6) is 0. The Morgan fingerprint density at radius 2 is 1.94 bits per heavy atom. The molecule has 0 saturated carbocycles. The van der Waals surface area contributed by atoms with Gasteiger partial charge in [0.25, 0.3) is 0 Å². The van der Waals surface area contributed by atoms with Crippen LogP contribution >= 0.6 is 0 Å². The maximum atomic E-state index is 12.4. The van der Waals surface area contributed by atoms with Crippen LogP contribution in [0.2, 0.25) is 0 Å². The molecule has 0 spiro atoms. The van der Waals surface area contributed by atoms with Gasteiger partial charge in [0.1, 0.15) is 6.54 Å². The zero-order valence-corrected chi connectivity index (χ0v) is 9.38. The molecule has 0 aliphatic rings. The number of nitrogens with zero attached hydrogens (tertiary/aromatic N) is 1. The number of alkyl halides is 3. The molecule has 0 unspecified atom stereocenters. The molecule has 0 bridgehead atoms. The van der Waals surface area contributed by atoms with Gasteiger partial charge in [-0.15, -0.1) is 0 Å². The number of halogens is 3. The van der Waals surface area contributed by atoms with Crippen LogP contribution < -0.4 is 5.32 Å². The third-order valence-corrected chi connectivity index (χ3v) is 2.59. The predicted molar refractivity (Wildman–Crippen MR) is 60.8 cm³/mol. The lowest BCUT2D eigenvalue weighted by atomic mass is 10.2. The number of aromatic nitrogens is 1. The van der Waals surface area contributed by atoms with Crippen molar-refractivity contribution in [2.24, 2.45) is 0 Å². The van der Waals surface area contributed by atoms with Crippen LogP contribution in [0.1, 0.15) is 5.56 Å². The molecular formula is C12H13F3N2. The van der Waals surface area contributed by atoms with Crippen molar-refractivity contribution in [3.8, 4) is 0 Å². The second-order valence-corrected chi connectivity index (χ2v) is 3.94. The van der Waals surface area contributed by atoms with Gasteiger partial charge in [0.05, 0.1) is 0 Å². The van der Waals surface area contributed by atoms with Gasteiger partial charge in [-0.25, -0.2) is 0 Å². The average Bonchev–Trinajstić information content (AvgIpc) is 2.56. The molecule has 0 aliphatic heterocycles. The fourth-order valence-electron chi connectivity index (χ4n) is 1.98. The zero-order chi connectivity index (χ0) is 12.5. The Morgan fingerprint density at radius 3 is 2.59 bits per heavy atom. The first-order chi connectivity index (χ1) is 8.01. The highest BCUT2D eigenvalue weighted by Gasteiger charge is 2.28. The normalized spacial score (nSPS) is 12.2. The average molecular weight is 242 g/mol. The summed E-state index contributed by atoms with van der Waals surface area (Å²) in [4.78, 5) is 0. The fourth-order valence-corrected chi connectivity index (χ4v) is 1.98. The molecule has 0 saturated heterocycles. The van der Waals surface area contributed by atoms with Crippen molar-refractivity contribution in [2.45, 2.75) is 19.3 Å². The maximum absolute atomic E-state index is 12.4. The maximum Gasteiger partial charge on any atom is 0.406 e. The highest BCUT2D eigenvalue weighted by atomic mass is 19.4. The second-order valence-electron chi connectivity index (χ2n) is 3.94. The van der Waals surface area contributed by atoms with Crippen LogP contribution in [-0.2, 0) is 13.1 Å². The molecule has 0 atom stereocenters. The molecule has 2 nitrogen and oxygen atoms in total. The minimum atomic E-state index is -4.20. The molecule has 0 aliphatic carbocycles. The van der Waals surface area contributed by atoms with Crippen LogP contribution in [-0.4, -0.2) is 17.8 Å². The Kier molecular flexibility index (Phi) is 3.11. The molecule has 17 heavy (non-hydrogen) atoms. The minimum absolute atomic E-state index is 0.561. The van der Waals surface area contributed by atoms with E-state index >= 15 is 0 Å². The van der Waals surface area contributed by atoms with Gasteiger partial charge in [-0.05, 0) is 18.7 Å². The van der Waals surface area contributed by atoms with Crippen LogP contribution in [0.25, 0.3) is 10.9 Å². The number of benzene rings is 1. The Labute approximate surface area is 97.0 Å². The predicted octanol–water partition coefficient (Wildman–Crippen LogP) is 2.92. The third kappa shape index (κ3) is 2.61. The highest BCUT2D eigenvalue weighted by Crippen LogP contribution is 2.25. The lowest BCUT2D eigenvalue weighted by molar-refractivity contribution is -0.139. The molecule has 1 aromatic heterocycles. The zero-order valence-electron chi connectivity index (χ0n) is 9.38. The summed E-state index contributed by atoms with van der Waals surface area (Å²) < 4.78 is 38.5. The number of para-hydroxylation sites is 1. The van der Waals surface area contributed by atoms with Gasteiger partial charge in [-0.3, -0.25) is 0 Å². The van der Waals surface area contributed by atoms with Gasteiger partial charge in [-0.2, -0.15) is 13.2 Å². The lowest BCUT2D eigenvalue weighted by Gasteiger charge is -2.08. The summed E-state index contributed by atoms with van der Waals surface area (Å²) in [5, 5.41) is 3.82. The van der Waals surface area contributed by atoms with Gasteiger partial charge in [-0.1, -0.05) is 18.2 Å². The van der Waals surface area contributed by atoms with E-state index in [0.29, 0.717) is 12.1 Å². The molecule has 0 amide bonds. The van der Waals surface area contributed by atoms with E-state index in [1.165, 1.54) is 4.57 Å². The molecule has 1 aromatic carbocycles. The number of hydrogen-bond donors (Lipinski definition) is 1. The summed E-state index contributed by atoms with van der Waals surface area (Å²) in [6, 6.07) is 7.13. The van der Waals surface area contributed by atoms with Crippen molar-refractivity contribution in [1.82, 2.24) is 9.88 Å². The summed E-state index contributed by atoms with van der Waals surface area (Å²) in [7, 11) is 1.77. The highest BCUT2D eigenvalue weighted by molar-refractivity contribution is 5.83. The van der Waals surface area contributed by atoms with Crippen molar-refractivity contribution >= 4 is 10.9 Å². The largest absolute Gasteiger partial charge is 0.406 e. The van der Waals surface area contributed by atoms with Crippen molar-refractivity contribution in [3.05, 3.63) is 36.0 Å². The molecular weight excluding hydrogens is 229 g/mol. The van der Waals surface area contributed by atoms with Gasteiger partial charge >= 0.3 is 6.18 Å². The van der Waals surface area contributed by atoms with Crippen molar-refractivity contribution in [1.29, 1.82) is 0 Å². The van der Waals surface area contributed by atoms with E-state index in [1.54, 1.807) is 25.4 Å². The summed E-state index contributed by atoms with van der Waals surface area (Å²) in [5.41, 5.74) is 1.50. The van der Waals surface area contributed by atoms with E-state index in [1.807, 2.05) is 12.1 Å². The van der Waals surface area contributed by atoms with E-state index in [4.69, 9.17) is 0 Å². The fraction of sp³-hybridized carbons (Fsp3) is 0.333. The number of fused-ring (bicyclic) bond motifs is 1. The molecule has 5 heteroatoms. The SMILES string of the molecule is CNCc1cn(CC(F)(F)F)c2ccccc12. The Hall–Kier alpha value is -1.49. The minimum Gasteiger partial charge on any atom is -0.338 e. The standard InChI is InChI=1S/C12H13F3N2/c1-16-6-9-7-17(8-12(13,14)15)11-5-3-2-4-10(9)11/h2-5,7,16H,6,8H2,1H3. The number of nitrogens with one attached hydrogen (secondary N) is 1. The van der Waals surface area contributed by atoms with Crippen molar-refractivity contribution in [3.63, 3.8) is 0 Å². The Morgan fingerprint density at radius 1 is 1.24 bits per heavy atom. The molecule has 1 heterocycles. The second kappa shape index (κ2) is 4.41. The molecule has 2 rings (SSSR count). The van der Waals surface area contributed by atoms with E-state index in [9.17, 15) is 13.2 Å². The number of rotatable bonds is 3. The number of hydrogen-bond acceptors (Lipinski definition) is 1. The monoisotopic (exact) mass is 242 g/mol. The smallest absolute Gasteiger partial charge is 0.338 e. The van der Waals surface area contributed by atoms with Gasteiger partial charge < -0.3 is 9.88 Å². The molecule has 92 valence electrons. The van der Waals surface area contributed by atoms with E-state index in [0.717, 1.165) is 10.9 Å². The third-order valence-electron chi connectivity index (χ3n) is 2.59. The molecule has 0 radical (unpaired) electrons. The van der Waals surface area contributed by atoms with Gasteiger partial charge in [0, 0.05) is 23.6 Å². The summed E-state index contributed by atoms with van der Waals surface area (Å²) in [6.07, 6.45) is -2.63. The van der Waals surface area contributed by atoms with E-state index < -0.39 is 12.7 Å². The van der Waals surface area contributed by atoms with Crippen LogP contribution in [0, 0.1) is 0 Å². The van der Waals surface area contributed by atoms with Gasteiger partial charge in [0.15, 0.2) is 0 Å². The van der Waals surface area contributed by atoms with Crippen LogP contribution in [0.3, 0.4) is 0 Å². The first kappa shape index (κ1) is 12.0. The van der Waals surface area contributed by atoms with E-state index in [-0.39, 0.29) is 0 Å². The Bertz CT molecular complexity index is 514. The first-order valence-electron chi connectivity index (χ1n) is 5.29. The van der Waals surface area contributed by atoms with Crippen molar-refractivity contribution in [2.75, 3.05) is 7.05 Å². The van der Waals surface area contributed by atoms with E-state index in [2.05, 4.69) is 5.32 Å². The van der Waals surface area contributed by atoms with Crippen LogP contribution in [0.5, 0.6) is 0 Å². The quantitative estimate of drug-likeness (QED) is 0.875. The summed E-state index contributed by atoms with van der Waals surface area (Å²) in [6.45, 7) is -0.386. The van der Waals surface area contributed by atoms with Crippen molar-refractivity contribution < 1.29 is 13.2 Å². The lowest BCUT2D eigenvalue weighted by Crippen LogP contribution is -2.16. The molecule has 0 fully saturated rings. The van der Waals surface area contributed by atoms with Crippen LogP contribution in [0.4, 0.5) is 13.2 Å². The van der Waals surface area contributed by atoms with Gasteiger partial charge in [0.2, 0.25) is 0 Å². The van der Waals surface area contributed by atoms with Crippen LogP contribution in [0.15, 0.2) is 30.5 Å². The first-order valence-corrected chi connectivity index (χ1v) is 5.29. The molecule has 1 N–H and O–H groups in total. The molecule has 2 aromatic rings. The Balaban J connectivity index is 2.48. The summed E-state index contributed by atoms with van der Waals surface area (Å²) >= 11 is 0. The topological polar surface area (TPSA) is 17.0 Å².